The fourth-order valence-corrected chi connectivity index (χ4v) is 11.8. The molecule has 4 saturated carbocycles. The molecule has 1 aromatic rings. The number of hydrogen-bond acceptors (Lipinski definition) is 4. The SMILES string of the molecule is Cc1ccc(S(=O)(=O)NC(=S)O[C@H]2CC[C@@]3(C)C(CC[C@H]4[C@@H]5CC[C@H]([C@H](C)CCCC(C)C)[C@@]5(C)CC[C@@H]43)C2)cc1. The molecule has 1 unspecified atom stereocenters. The minimum Gasteiger partial charge on any atom is -0.467 e. The third kappa shape index (κ3) is 6.26. The highest BCUT2D eigenvalue weighted by Crippen LogP contribution is 2.68. The van der Waals surface area contributed by atoms with E-state index in [0.717, 1.165) is 60.3 Å². The lowest BCUT2D eigenvalue weighted by molar-refractivity contribution is -0.127. The number of hydrogen-bond donors (Lipinski definition) is 1. The van der Waals surface area contributed by atoms with E-state index in [1.165, 1.54) is 57.8 Å². The number of benzene rings is 1. The summed E-state index contributed by atoms with van der Waals surface area (Å²) in [6.45, 7) is 14.5. The van der Waals surface area contributed by atoms with Gasteiger partial charge < -0.3 is 4.74 Å². The minimum atomic E-state index is -3.73. The summed E-state index contributed by atoms with van der Waals surface area (Å²) < 4.78 is 34.3. The lowest BCUT2D eigenvalue weighted by atomic mass is 9.44. The first-order chi connectivity index (χ1) is 19.3. The molecule has 0 aromatic heterocycles. The van der Waals surface area contributed by atoms with Crippen molar-refractivity contribution in [2.24, 2.45) is 52.3 Å². The number of thiocarbonyl (C=S) groups is 1. The fraction of sp³-hybridized carbons (Fsp3) is 0.800. The van der Waals surface area contributed by atoms with Crippen molar-refractivity contribution in [1.29, 1.82) is 0 Å². The average Bonchev–Trinajstić information content (AvgIpc) is 3.26. The van der Waals surface area contributed by atoms with E-state index < -0.39 is 10.0 Å². The van der Waals surface area contributed by atoms with Gasteiger partial charge in [0.1, 0.15) is 6.10 Å². The Hall–Kier alpha value is -1.14. The van der Waals surface area contributed by atoms with Gasteiger partial charge in [0.15, 0.2) is 0 Å². The maximum Gasteiger partial charge on any atom is 0.271 e. The summed E-state index contributed by atoms with van der Waals surface area (Å²) in [5.74, 6) is 5.81. The van der Waals surface area contributed by atoms with Gasteiger partial charge in [-0.15, -0.1) is 0 Å². The van der Waals surface area contributed by atoms with Crippen molar-refractivity contribution in [3.63, 3.8) is 0 Å². The van der Waals surface area contributed by atoms with Gasteiger partial charge >= 0.3 is 0 Å². The third-order valence-corrected chi connectivity index (χ3v) is 14.3. The second-order valence-electron chi connectivity index (χ2n) is 15.4. The van der Waals surface area contributed by atoms with Crippen LogP contribution in [-0.2, 0) is 14.8 Å². The Morgan fingerprint density at radius 2 is 1.63 bits per heavy atom. The zero-order chi connectivity index (χ0) is 29.6. The smallest absolute Gasteiger partial charge is 0.271 e. The largest absolute Gasteiger partial charge is 0.467 e. The van der Waals surface area contributed by atoms with Crippen LogP contribution in [0.1, 0.15) is 117 Å². The highest BCUT2D eigenvalue weighted by atomic mass is 32.2. The Balaban J connectivity index is 1.18. The third-order valence-electron chi connectivity index (χ3n) is 12.6. The molecule has 1 aromatic carbocycles. The summed E-state index contributed by atoms with van der Waals surface area (Å²) in [6.07, 6.45) is 15.6. The molecule has 230 valence electrons. The maximum atomic E-state index is 12.8. The lowest BCUT2D eigenvalue weighted by Crippen LogP contribution is -2.54. The second-order valence-corrected chi connectivity index (χ2v) is 17.5. The molecule has 5 rings (SSSR count). The lowest BCUT2D eigenvalue weighted by Gasteiger charge is -2.61. The monoisotopic (exact) mass is 601 g/mol. The molecule has 6 heteroatoms. The highest BCUT2D eigenvalue weighted by molar-refractivity contribution is 7.91. The molecule has 0 aliphatic heterocycles. The first kappa shape index (κ1) is 31.3. The molecule has 4 aliphatic carbocycles. The predicted molar refractivity (Wildman–Crippen MR) is 172 cm³/mol. The predicted octanol–water partition coefficient (Wildman–Crippen LogP) is 9.06. The maximum absolute atomic E-state index is 12.8. The van der Waals surface area contributed by atoms with E-state index in [1.54, 1.807) is 24.3 Å². The molecular weight excluding hydrogens is 547 g/mol. The van der Waals surface area contributed by atoms with Crippen molar-refractivity contribution in [3.8, 4) is 0 Å². The van der Waals surface area contributed by atoms with Crippen molar-refractivity contribution in [3.05, 3.63) is 29.8 Å². The number of fused-ring (bicyclic) bond motifs is 5. The quantitative estimate of drug-likeness (QED) is 0.302. The van der Waals surface area contributed by atoms with Crippen LogP contribution in [0.3, 0.4) is 0 Å². The van der Waals surface area contributed by atoms with Crippen molar-refractivity contribution >= 4 is 27.4 Å². The molecule has 9 atom stereocenters. The van der Waals surface area contributed by atoms with Gasteiger partial charge in [-0.3, -0.25) is 0 Å². The van der Waals surface area contributed by atoms with Crippen LogP contribution in [0.5, 0.6) is 0 Å². The van der Waals surface area contributed by atoms with E-state index in [0.29, 0.717) is 16.7 Å². The van der Waals surface area contributed by atoms with Gasteiger partial charge in [-0.2, -0.15) is 0 Å². The standard InChI is InChI=1S/C35H55NO3S2/c1-23(2)8-7-9-25(4)30-16-17-31-29-15-12-26-22-27(18-20-34(26,5)32(29)19-21-35(30,31)6)39-33(40)36-41(37,38)28-13-10-24(3)11-14-28/h10-11,13-14,23,25-27,29-32H,7-9,12,15-22H2,1-6H3,(H,36,40)/t25-,26?,27+,29+,30-,31+,32+,34+,35-/m1/s1. The van der Waals surface area contributed by atoms with E-state index in [2.05, 4.69) is 39.3 Å². The van der Waals surface area contributed by atoms with Crippen LogP contribution in [0.2, 0.25) is 0 Å². The topological polar surface area (TPSA) is 55.4 Å². The number of rotatable bonds is 8. The van der Waals surface area contributed by atoms with Crippen LogP contribution < -0.4 is 4.72 Å². The molecule has 0 saturated heterocycles. The van der Waals surface area contributed by atoms with Crippen molar-refractivity contribution < 1.29 is 13.2 Å². The molecule has 1 N–H and O–H groups in total. The number of sulfonamides is 1. The molecule has 0 radical (unpaired) electrons. The molecule has 0 amide bonds. The Labute approximate surface area is 256 Å². The first-order valence-corrected chi connectivity index (χ1v) is 18.5. The number of aryl methyl sites for hydroxylation is 1. The van der Waals surface area contributed by atoms with E-state index in [9.17, 15) is 8.42 Å². The van der Waals surface area contributed by atoms with E-state index >= 15 is 0 Å². The van der Waals surface area contributed by atoms with Crippen LogP contribution in [0.4, 0.5) is 0 Å². The highest BCUT2D eigenvalue weighted by Gasteiger charge is 2.60. The zero-order valence-corrected chi connectivity index (χ0v) is 28.1. The van der Waals surface area contributed by atoms with Crippen molar-refractivity contribution in [2.75, 3.05) is 0 Å². The van der Waals surface area contributed by atoms with Gasteiger partial charge in [0, 0.05) is 0 Å². The Morgan fingerprint density at radius 1 is 0.951 bits per heavy atom. The van der Waals surface area contributed by atoms with Gasteiger partial charge in [-0.05, 0) is 141 Å². The molecule has 4 fully saturated rings. The van der Waals surface area contributed by atoms with Gasteiger partial charge in [0.2, 0.25) is 0 Å². The van der Waals surface area contributed by atoms with E-state index in [-0.39, 0.29) is 16.2 Å². The molecule has 4 nitrogen and oxygen atoms in total. The molecule has 0 spiro atoms. The van der Waals surface area contributed by atoms with Gasteiger partial charge in [0.05, 0.1) is 4.90 Å². The van der Waals surface area contributed by atoms with Crippen LogP contribution in [-0.4, -0.2) is 19.7 Å². The van der Waals surface area contributed by atoms with Crippen molar-refractivity contribution in [1.82, 2.24) is 4.72 Å². The summed E-state index contributed by atoms with van der Waals surface area (Å²) in [6, 6.07) is 6.82. The average molecular weight is 602 g/mol. The van der Waals surface area contributed by atoms with Crippen molar-refractivity contribution in [2.45, 2.75) is 130 Å². The van der Waals surface area contributed by atoms with Crippen LogP contribution in [0.15, 0.2) is 29.2 Å². The zero-order valence-electron chi connectivity index (χ0n) is 26.5. The summed E-state index contributed by atoms with van der Waals surface area (Å²) in [4.78, 5) is 0.215. The van der Waals surface area contributed by atoms with Gasteiger partial charge in [-0.25, -0.2) is 13.1 Å². The minimum absolute atomic E-state index is 0.00533. The van der Waals surface area contributed by atoms with Crippen LogP contribution >= 0.6 is 12.2 Å². The summed E-state index contributed by atoms with van der Waals surface area (Å²) in [7, 11) is -3.73. The summed E-state index contributed by atoms with van der Waals surface area (Å²) >= 11 is 5.40. The number of ether oxygens (including phenoxy) is 1. The second kappa shape index (κ2) is 12.1. The number of nitrogens with one attached hydrogen (secondary N) is 1. The summed E-state index contributed by atoms with van der Waals surface area (Å²) in [5, 5.41) is -0.0131. The molecule has 0 heterocycles. The Bertz CT molecular complexity index is 1180. The molecule has 0 bridgehead atoms. The molecule has 41 heavy (non-hydrogen) atoms. The van der Waals surface area contributed by atoms with E-state index in [4.69, 9.17) is 17.0 Å². The molecular formula is C35H55NO3S2. The fourth-order valence-electron chi connectivity index (χ4n) is 10.4. The van der Waals surface area contributed by atoms with E-state index in [1.807, 2.05) is 6.92 Å². The van der Waals surface area contributed by atoms with Crippen LogP contribution in [0, 0.1) is 59.2 Å². The Kier molecular flexibility index (Phi) is 9.23. The summed E-state index contributed by atoms with van der Waals surface area (Å²) in [5.41, 5.74) is 1.92. The first-order valence-electron chi connectivity index (χ1n) is 16.6. The Morgan fingerprint density at radius 3 is 2.34 bits per heavy atom. The van der Waals surface area contributed by atoms with Gasteiger partial charge in [0.25, 0.3) is 15.2 Å². The molecule has 4 aliphatic rings. The van der Waals surface area contributed by atoms with Gasteiger partial charge in [-0.1, -0.05) is 71.6 Å². The van der Waals surface area contributed by atoms with Crippen LogP contribution in [0.25, 0.3) is 0 Å². The normalized spacial score (nSPS) is 37.5.